The zero-order chi connectivity index (χ0) is 10.8. The maximum absolute atomic E-state index is 5.67. The first-order chi connectivity index (χ1) is 7.20. The molecular weight excluding hydrogens is 184 g/mol. The van der Waals surface area contributed by atoms with E-state index < -0.39 is 0 Å². The monoisotopic (exact) mass is 200 g/mol. The van der Waals surface area contributed by atoms with Crippen LogP contribution in [0.2, 0.25) is 0 Å². The van der Waals surface area contributed by atoms with Gasteiger partial charge in [-0.25, -0.2) is 0 Å². The van der Waals surface area contributed by atoms with E-state index in [1.54, 1.807) is 0 Å². The van der Waals surface area contributed by atoms with Crippen molar-refractivity contribution in [2.45, 2.75) is 20.3 Å². The molecule has 0 aliphatic heterocycles. The number of aromatic nitrogens is 1. The molecule has 15 heavy (non-hydrogen) atoms. The molecule has 0 amide bonds. The number of aryl methyl sites for hydroxylation is 2. The molecule has 1 aromatic heterocycles. The Hall–Kier alpha value is -1.70. The van der Waals surface area contributed by atoms with Crippen LogP contribution in [0.25, 0.3) is 11.1 Å². The average Bonchev–Trinajstić information content (AvgIpc) is 2.61. The van der Waals surface area contributed by atoms with E-state index in [1.807, 2.05) is 12.1 Å². The Balaban J connectivity index is 2.48. The summed E-state index contributed by atoms with van der Waals surface area (Å²) in [7, 11) is 0. The standard InChI is InChI=1S/C13H16N2/c1-3-13-12(8-9(2)15-13)10-4-6-11(14)7-5-10/h4-8,15H,3,14H2,1-2H3. The smallest absolute Gasteiger partial charge is 0.0314 e. The van der Waals surface area contributed by atoms with Gasteiger partial charge < -0.3 is 10.7 Å². The van der Waals surface area contributed by atoms with Gasteiger partial charge in [0.05, 0.1) is 0 Å². The molecule has 2 rings (SSSR count). The van der Waals surface area contributed by atoms with Crippen LogP contribution in [-0.2, 0) is 6.42 Å². The largest absolute Gasteiger partial charge is 0.399 e. The van der Waals surface area contributed by atoms with Crippen LogP contribution in [0.3, 0.4) is 0 Å². The van der Waals surface area contributed by atoms with Crippen LogP contribution >= 0.6 is 0 Å². The van der Waals surface area contributed by atoms with Crippen molar-refractivity contribution in [3.8, 4) is 11.1 Å². The van der Waals surface area contributed by atoms with Gasteiger partial charge in [0.15, 0.2) is 0 Å². The predicted octanol–water partition coefficient (Wildman–Crippen LogP) is 3.13. The first-order valence-corrected chi connectivity index (χ1v) is 5.25. The number of nitrogens with two attached hydrogens (primary N) is 1. The minimum atomic E-state index is 0.809. The third-order valence-electron chi connectivity index (χ3n) is 2.61. The molecule has 78 valence electrons. The molecule has 0 radical (unpaired) electrons. The van der Waals surface area contributed by atoms with Gasteiger partial charge in [-0.05, 0) is 37.1 Å². The summed E-state index contributed by atoms with van der Waals surface area (Å²) in [5.41, 5.74) is 11.5. The van der Waals surface area contributed by atoms with Crippen molar-refractivity contribution >= 4 is 5.69 Å². The number of nitrogens with one attached hydrogen (secondary N) is 1. The van der Waals surface area contributed by atoms with Gasteiger partial charge in [0.1, 0.15) is 0 Å². The van der Waals surface area contributed by atoms with E-state index in [2.05, 4.69) is 37.0 Å². The second-order valence-corrected chi connectivity index (χ2v) is 3.82. The van der Waals surface area contributed by atoms with Crippen LogP contribution in [0.4, 0.5) is 5.69 Å². The lowest BCUT2D eigenvalue weighted by Gasteiger charge is -2.02. The molecule has 0 spiro atoms. The van der Waals surface area contributed by atoms with E-state index in [9.17, 15) is 0 Å². The summed E-state index contributed by atoms with van der Waals surface area (Å²) in [6.07, 6.45) is 1.02. The van der Waals surface area contributed by atoms with Gasteiger partial charge in [0, 0.05) is 22.6 Å². The SMILES string of the molecule is CCc1[nH]c(C)cc1-c1ccc(N)cc1. The van der Waals surface area contributed by atoms with Gasteiger partial charge in [0.2, 0.25) is 0 Å². The number of hydrogen-bond donors (Lipinski definition) is 2. The first kappa shape index (κ1) is 9.84. The number of hydrogen-bond acceptors (Lipinski definition) is 1. The van der Waals surface area contributed by atoms with Crippen LogP contribution in [0, 0.1) is 6.92 Å². The van der Waals surface area contributed by atoms with Crippen LogP contribution in [-0.4, -0.2) is 4.98 Å². The molecule has 1 aromatic carbocycles. The Kier molecular flexibility index (Phi) is 2.50. The minimum Gasteiger partial charge on any atom is -0.399 e. The summed E-state index contributed by atoms with van der Waals surface area (Å²) in [5, 5.41) is 0. The maximum atomic E-state index is 5.67. The summed E-state index contributed by atoms with van der Waals surface area (Å²) in [6, 6.07) is 10.2. The molecule has 2 heteroatoms. The number of benzene rings is 1. The van der Waals surface area contributed by atoms with Crippen LogP contribution in [0.5, 0.6) is 0 Å². The van der Waals surface area contributed by atoms with E-state index in [1.165, 1.54) is 22.5 Å². The van der Waals surface area contributed by atoms with Crippen molar-refractivity contribution in [2.24, 2.45) is 0 Å². The second kappa shape index (κ2) is 3.81. The molecular formula is C13H16N2. The number of aromatic amines is 1. The fourth-order valence-electron chi connectivity index (χ4n) is 1.84. The molecule has 0 fully saturated rings. The van der Waals surface area contributed by atoms with E-state index in [-0.39, 0.29) is 0 Å². The maximum Gasteiger partial charge on any atom is 0.0314 e. The van der Waals surface area contributed by atoms with Gasteiger partial charge in [0.25, 0.3) is 0 Å². The molecule has 2 aromatic rings. The van der Waals surface area contributed by atoms with Gasteiger partial charge in [-0.15, -0.1) is 0 Å². The molecule has 2 nitrogen and oxygen atoms in total. The van der Waals surface area contributed by atoms with Crippen molar-refractivity contribution in [3.05, 3.63) is 41.7 Å². The summed E-state index contributed by atoms with van der Waals surface area (Å²) in [6.45, 7) is 4.24. The van der Waals surface area contributed by atoms with E-state index in [0.717, 1.165) is 12.1 Å². The molecule has 0 unspecified atom stereocenters. The summed E-state index contributed by atoms with van der Waals surface area (Å²) >= 11 is 0. The van der Waals surface area contributed by atoms with Crippen LogP contribution in [0.1, 0.15) is 18.3 Å². The van der Waals surface area contributed by atoms with Gasteiger partial charge in [-0.2, -0.15) is 0 Å². The minimum absolute atomic E-state index is 0.809. The second-order valence-electron chi connectivity index (χ2n) is 3.82. The van der Waals surface area contributed by atoms with Crippen molar-refractivity contribution in [2.75, 3.05) is 5.73 Å². The van der Waals surface area contributed by atoms with Gasteiger partial charge in [-0.1, -0.05) is 19.1 Å². The molecule has 0 aliphatic carbocycles. The van der Waals surface area contributed by atoms with Crippen LogP contribution in [0.15, 0.2) is 30.3 Å². The lowest BCUT2D eigenvalue weighted by atomic mass is 10.0. The Morgan fingerprint density at radius 1 is 1.20 bits per heavy atom. The zero-order valence-electron chi connectivity index (χ0n) is 9.17. The quantitative estimate of drug-likeness (QED) is 0.718. The molecule has 0 bridgehead atoms. The topological polar surface area (TPSA) is 41.8 Å². The lowest BCUT2D eigenvalue weighted by Crippen LogP contribution is -1.86. The van der Waals surface area contributed by atoms with Gasteiger partial charge in [-0.3, -0.25) is 0 Å². The summed E-state index contributed by atoms with van der Waals surface area (Å²) in [5.74, 6) is 0. The first-order valence-electron chi connectivity index (χ1n) is 5.25. The van der Waals surface area contributed by atoms with E-state index >= 15 is 0 Å². The Morgan fingerprint density at radius 3 is 2.47 bits per heavy atom. The van der Waals surface area contributed by atoms with E-state index in [4.69, 9.17) is 5.73 Å². The van der Waals surface area contributed by atoms with Crippen molar-refractivity contribution in [3.63, 3.8) is 0 Å². The third-order valence-corrected chi connectivity index (χ3v) is 2.61. The molecule has 0 saturated heterocycles. The molecule has 3 N–H and O–H groups in total. The van der Waals surface area contributed by atoms with Crippen molar-refractivity contribution in [1.29, 1.82) is 0 Å². The van der Waals surface area contributed by atoms with Gasteiger partial charge >= 0.3 is 0 Å². The number of anilines is 1. The highest BCUT2D eigenvalue weighted by Gasteiger charge is 2.06. The number of rotatable bonds is 2. The predicted molar refractivity (Wildman–Crippen MR) is 64.8 cm³/mol. The van der Waals surface area contributed by atoms with Crippen LogP contribution < -0.4 is 5.73 Å². The summed E-state index contributed by atoms with van der Waals surface area (Å²) < 4.78 is 0. The molecule has 0 atom stereocenters. The highest BCUT2D eigenvalue weighted by atomic mass is 14.7. The molecule has 0 aliphatic rings. The number of H-pyrrole nitrogens is 1. The Labute approximate surface area is 90.1 Å². The Morgan fingerprint density at radius 2 is 1.87 bits per heavy atom. The highest BCUT2D eigenvalue weighted by Crippen LogP contribution is 2.25. The molecule has 0 saturated carbocycles. The normalized spacial score (nSPS) is 10.5. The van der Waals surface area contributed by atoms with Crippen molar-refractivity contribution < 1.29 is 0 Å². The Bertz CT molecular complexity index is 452. The lowest BCUT2D eigenvalue weighted by molar-refractivity contribution is 1.05. The fourth-order valence-corrected chi connectivity index (χ4v) is 1.84. The zero-order valence-corrected chi connectivity index (χ0v) is 9.17. The average molecular weight is 200 g/mol. The fraction of sp³-hybridized carbons (Fsp3) is 0.231. The molecule has 1 heterocycles. The highest BCUT2D eigenvalue weighted by molar-refractivity contribution is 5.68. The number of nitrogen functional groups attached to an aromatic ring is 1. The summed E-state index contributed by atoms with van der Waals surface area (Å²) in [4.78, 5) is 3.38. The third kappa shape index (κ3) is 1.89. The van der Waals surface area contributed by atoms with Crippen molar-refractivity contribution in [1.82, 2.24) is 4.98 Å². The van der Waals surface area contributed by atoms with E-state index in [0.29, 0.717) is 0 Å².